The van der Waals surface area contributed by atoms with E-state index < -0.39 is 0 Å². The second-order valence-corrected chi connectivity index (χ2v) is 4.70. The van der Waals surface area contributed by atoms with Gasteiger partial charge in [-0.3, -0.25) is 0 Å². The second kappa shape index (κ2) is 5.40. The Bertz CT molecular complexity index is 547. The molecule has 0 aliphatic carbocycles. The average molecular weight is 259 g/mol. The highest BCUT2D eigenvalue weighted by Gasteiger charge is 2.19. The van der Waals surface area contributed by atoms with Gasteiger partial charge in [-0.05, 0) is 31.5 Å². The largest absolute Gasteiger partial charge is 0.496 e. The van der Waals surface area contributed by atoms with Crippen molar-refractivity contribution in [1.82, 2.24) is 15.5 Å². The minimum Gasteiger partial charge on any atom is -0.496 e. The maximum absolute atomic E-state index is 5.73. The molecule has 5 heteroatoms. The lowest BCUT2D eigenvalue weighted by Crippen LogP contribution is -2.23. The zero-order valence-electron chi connectivity index (χ0n) is 10.9. The molecular formula is C14H17N3O2. The lowest BCUT2D eigenvalue weighted by Gasteiger charge is -2.05. The summed E-state index contributed by atoms with van der Waals surface area (Å²) >= 11 is 0. The third kappa shape index (κ3) is 2.61. The predicted molar refractivity (Wildman–Crippen MR) is 71.0 cm³/mol. The first kappa shape index (κ1) is 12.2. The Hall–Kier alpha value is -1.88. The van der Waals surface area contributed by atoms with Crippen molar-refractivity contribution in [2.75, 3.05) is 13.7 Å². The lowest BCUT2D eigenvalue weighted by molar-refractivity contribution is 0.412. The van der Waals surface area contributed by atoms with Gasteiger partial charge >= 0.3 is 0 Å². The number of benzene rings is 1. The summed E-state index contributed by atoms with van der Waals surface area (Å²) in [7, 11) is 1.64. The molecule has 0 saturated carbocycles. The molecule has 1 N–H and O–H groups in total. The maximum atomic E-state index is 5.73. The van der Waals surface area contributed by atoms with Gasteiger partial charge in [-0.2, -0.15) is 0 Å². The maximum Gasteiger partial charge on any atom is 0.251 e. The molecule has 1 saturated heterocycles. The van der Waals surface area contributed by atoms with Gasteiger partial charge in [-0.25, -0.2) is 0 Å². The van der Waals surface area contributed by atoms with Gasteiger partial charge in [0, 0.05) is 12.5 Å². The van der Waals surface area contributed by atoms with Crippen LogP contribution in [0.4, 0.5) is 0 Å². The van der Waals surface area contributed by atoms with Crippen LogP contribution >= 0.6 is 0 Å². The molecule has 1 aliphatic heterocycles. The first-order chi connectivity index (χ1) is 9.36. The summed E-state index contributed by atoms with van der Waals surface area (Å²) in [6, 6.07) is 8.12. The summed E-state index contributed by atoms with van der Waals surface area (Å²) in [5, 5.41) is 11.7. The molecule has 1 fully saturated rings. The molecule has 0 amide bonds. The first-order valence-corrected chi connectivity index (χ1v) is 6.56. The molecular weight excluding hydrogens is 242 g/mol. The number of nitrogens with one attached hydrogen (secondary N) is 1. The van der Waals surface area contributed by atoms with Crippen molar-refractivity contribution in [3.8, 4) is 17.2 Å². The van der Waals surface area contributed by atoms with E-state index in [1.807, 2.05) is 24.3 Å². The zero-order valence-corrected chi connectivity index (χ0v) is 10.9. The highest BCUT2D eigenvalue weighted by Crippen LogP contribution is 2.28. The molecule has 1 unspecified atom stereocenters. The fourth-order valence-corrected chi connectivity index (χ4v) is 2.41. The van der Waals surface area contributed by atoms with Crippen LogP contribution in [0.5, 0.6) is 5.75 Å². The minimum absolute atomic E-state index is 0.464. The summed E-state index contributed by atoms with van der Waals surface area (Å²) in [6.07, 6.45) is 3.19. The normalized spacial score (nSPS) is 18.7. The van der Waals surface area contributed by atoms with Gasteiger partial charge in [0.25, 0.3) is 5.89 Å². The average Bonchev–Trinajstić information content (AvgIpc) is 3.11. The molecule has 1 atom stereocenters. The standard InChI is InChI=1S/C14H17N3O2/c1-18-12-7-3-2-6-11(12)14-17-16-13(19-14)9-10-5-4-8-15-10/h2-3,6-7,10,15H,4-5,8-9H2,1H3. The zero-order chi connectivity index (χ0) is 13.1. The topological polar surface area (TPSA) is 60.2 Å². The number of para-hydroxylation sites is 1. The Balaban J connectivity index is 1.80. The Labute approximate surface area is 112 Å². The molecule has 1 aromatic carbocycles. The van der Waals surface area contributed by atoms with Crippen LogP contribution in [0.2, 0.25) is 0 Å². The van der Waals surface area contributed by atoms with E-state index in [9.17, 15) is 0 Å². The van der Waals surface area contributed by atoms with Crippen LogP contribution in [0.3, 0.4) is 0 Å². The Morgan fingerprint density at radius 3 is 3.05 bits per heavy atom. The Morgan fingerprint density at radius 1 is 1.37 bits per heavy atom. The van der Waals surface area contributed by atoms with Gasteiger partial charge in [0.1, 0.15) is 5.75 Å². The van der Waals surface area contributed by atoms with Gasteiger partial charge in [-0.15, -0.1) is 10.2 Å². The van der Waals surface area contributed by atoms with Gasteiger partial charge in [0.2, 0.25) is 5.89 Å². The van der Waals surface area contributed by atoms with Crippen LogP contribution in [0.15, 0.2) is 28.7 Å². The van der Waals surface area contributed by atoms with Crippen molar-refractivity contribution in [3.63, 3.8) is 0 Å². The Morgan fingerprint density at radius 2 is 2.26 bits per heavy atom. The van der Waals surface area contributed by atoms with Crippen molar-refractivity contribution >= 4 is 0 Å². The quantitative estimate of drug-likeness (QED) is 0.910. The summed E-state index contributed by atoms with van der Waals surface area (Å²) in [4.78, 5) is 0. The third-order valence-electron chi connectivity index (χ3n) is 3.39. The summed E-state index contributed by atoms with van der Waals surface area (Å²) in [5.74, 6) is 1.95. The molecule has 0 spiro atoms. The molecule has 1 aliphatic rings. The highest BCUT2D eigenvalue weighted by atomic mass is 16.5. The molecule has 2 heterocycles. The van der Waals surface area contributed by atoms with E-state index in [1.54, 1.807) is 7.11 Å². The van der Waals surface area contributed by atoms with Gasteiger partial charge in [0.15, 0.2) is 0 Å². The van der Waals surface area contributed by atoms with E-state index in [2.05, 4.69) is 15.5 Å². The smallest absolute Gasteiger partial charge is 0.251 e. The molecule has 0 radical (unpaired) electrons. The van der Waals surface area contributed by atoms with Crippen molar-refractivity contribution in [2.45, 2.75) is 25.3 Å². The third-order valence-corrected chi connectivity index (χ3v) is 3.39. The van der Waals surface area contributed by atoms with Crippen molar-refractivity contribution in [3.05, 3.63) is 30.2 Å². The number of hydrogen-bond acceptors (Lipinski definition) is 5. The van der Waals surface area contributed by atoms with E-state index in [1.165, 1.54) is 12.8 Å². The Kier molecular flexibility index (Phi) is 3.46. The fraction of sp³-hybridized carbons (Fsp3) is 0.429. The van der Waals surface area contributed by atoms with Crippen LogP contribution in [-0.2, 0) is 6.42 Å². The van der Waals surface area contributed by atoms with E-state index in [0.717, 1.165) is 24.3 Å². The summed E-state index contributed by atoms with van der Waals surface area (Å²) in [5.41, 5.74) is 0.836. The number of ether oxygens (including phenoxy) is 1. The first-order valence-electron chi connectivity index (χ1n) is 6.56. The summed E-state index contributed by atoms with van der Waals surface area (Å²) < 4.78 is 11.0. The molecule has 0 bridgehead atoms. The minimum atomic E-state index is 0.464. The van der Waals surface area contributed by atoms with Gasteiger partial charge in [0.05, 0.1) is 12.7 Å². The van der Waals surface area contributed by atoms with E-state index in [0.29, 0.717) is 17.8 Å². The number of methoxy groups -OCH3 is 1. The van der Waals surface area contributed by atoms with E-state index in [4.69, 9.17) is 9.15 Å². The molecule has 5 nitrogen and oxygen atoms in total. The van der Waals surface area contributed by atoms with Crippen LogP contribution in [0.25, 0.3) is 11.5 Å². The van der Waals surface area contributed by atoms with Gasteiger partial charge in [-0.1, -0.05) is 12.1 Å². The molecule has 3 rings (SSSR count). The molecule has 2 aromatic rings. The molecule has 19 heavy (non-hydrogen) atoms. The highest BCUT2D eigenvalue weighted by molar-refractivity contribution is 5.62. The summed E-state index contributed by atoms with van der Waals surface area (Å²) in [6.45, 7) is 1.08. The SMILES string of the molecule is COc1ccccc1-c1nnc(CC2CCCN2)o1. The number of rotatable bonds is 4. The predicted octanol–water partition coefficient (Wildman–Crippen LogP) is 2.04. The van der Waals surface area contributed by atoms with Crippen molar-refractivity contribution < 1.29 is 9.15 Å². The monoisotopic (exact) mass is 259 g/mol. The van der Waals surface area contributed by atoms with Crippen molar-refractivity contribution in [2.24, 2.45) is 0 Å². The van der Waals surface area contributed by atoms with Crippen molar-refractivity contribution in [1.29, 1.82) is 0 Å². The number of hydrogen-bond donors (Lipinski definition) is 1. The van der Waals surface area contributed by atoms with Gasteiger partial charge < -0.3 is 14.5 Å². The second-order valence-electron chi connectivity index (χ2n) is 4.70. The number of aromatic nitrogens is 2. The number of nitrogens with zero attached hydrogens (tertiary/aromatic N) is 2. The lowest BCUT2D eigenvalue weighted by atomic mass is 10.1. The van der Waals surface area contributed by atoms with E-state index >= 15 is 0 Å². The van der Waals surface area contributed by atoms with Crippen LogP contribution < -0.4 is 10.1 Å². The van der Waals surface area contributed by atoms with Crippen LogP contribution in [-0.4, -0.2) is 29.9 Å². The molecule has 100 valence electrons. The van der Waals surface area contributed by atoms with Crippen LogP contribution in [0, 0.1) is 0 Å². The molecule has 1 aromatic heterocycles. The fourth-order valence-electron chi connectivity index (χ4n) is 2.41. The van der Waals surface area contributed by atoms with E-state index in [-0.39, 0.29) is 0 Å². The van der Waals surface area contributed by atoms with Crippen LogP contribution in [0.1, 0.15) is 18.7 Å².